The lowest BCUT2D eigenvalue weighted by atomic mass is 9.92. The van der Waals surface area contributed by atoms with E-state index in [-0.39, 0.29) is 16.8 Å². The second kappa shape index (κ2) is 6.16. The third-order valence-corrected chi connectivity index (χ3v) is 6.90. The highest BCUT2D eigenvalue weighted by molar-refractivity contribution is 8.01. The van der Waals surface area contributed by atoms with Crippen molar-refractivity contribution in [2.75, 3.05) is 18.8 Å². The monoisotopic (exact) mass is 364 g/mol. The Kier molecular flexibility index (Phi) is 4.14. The average molecular weight is 364 g/mol. The van der Waals surface area contributed by atoms with E-state index < -0.39 is 0 Å². The standard InChI is InChI=1S/C16H20N4O2S2/c1-11-18-13(7-23-11)6-22-14-3-16(24-8-14)9-20(10-16)15(21)12-4-17-19(2)5-12/h4-5,7,14H,3,6,8-10H2,1-2H3. The lowest BCUT2D eigenvalue weighted by molar-refractivity contribution is 0.0246. The van der Waals surface area contributed by atoms with Gasteiger partial charge in [0, 0.05) is 37.5 Å². The maximum absolute atomic E-state index is 12.4. The number of ether oxygens (including phenoxy) is 1. The van der Waals surface area contributed by atoms with Crippen molar-refractivity contribution in [3.63, 3.8) is 0 Å². The summed E-state index contributed by atoms with van der Waals surface area (Å²) in [5.41, 5.74) is 1.69. The van der Waals surface area contributed by atoms with Gasteiger partial charge in [0.25, 0.3) is 5.91 Å². The molecule has 0 radical (unpaired) electrons. The molecular weight excluding hydrogens is 344 g/mol. The number of carbonyl (C=O) groups excluding carboxylic acids is 1. The number of likely N-dealkylation sites (tertiary alicyclic amines) is 1. The summed E-state index contributed by atoms with van der Waals surface area (Å²) in [6, 6.07) is 0. The molecule has 0 bridgehead atoms. The predicted molar refractivity (Wildman–Crippen MR) is 94.3 cm³/mol. The molecule has 2 fully saturated rings. The summed E-state index contributed by atoms with van der Waals surface area (Å²) in [5, 5.41) is 7.21. The SMILES string of the molecule is Cc1nc(COC2CSC3(C2)CN(C(=O)c2cnn(C)c2)C3)cs1. The molecule has 0 aromatic carbocycles. The summed E-state index contributed by atoms with van der Waals surface area (Å²) in [6.07, 6.45) is 4.68. The Morgan fingerprint density at radius 2 is 2.33 bits per heavy atom. The molecule has 0 N–H and O–H groups in total. The fraction of sp³-hybridized carbons (Fsp3) is 0.562. The number of aromatic nitrogens is 3. The molecule has 2 aliphatic rings. The van der Waals surface area contributed by atoms with Crippen molar-refractivity contribution in [3.05, 3.63) is 34.0 Å². The Balaban J connectivity index is 1.27. The van der Waals surface area contributed by atoms with E-state index in [9.17, 15) is 4.79 Å². The van der Waals surface area contributed by atoms with Crippen molar-refractivity contribution < 1.29 is 9.53 Å². The van der Waals surface area contributed by atoms with Gasteiger partial charge in [-0.25, -0.2) is 4.98 Å². The van der Waals surface area contributed by atoms with Gasteiger partial charge in [-0.15, -0.1) is 23.1 Å². The van der Waals surface area contributed by atoms with E-state index in [0.717, 1.165) is 36.0 Å². The summed E-state index contributed by atoms with van der Waals surface area (Å²) in [6.45, 7) is 4.21. The number of hydrogen-bond donors (Lipinski definition) is 0. The highest BCUT2D eigenvalue weighted by atomic mass is 32.2. The van der Waals surface area contributed by atoms with Crippen molar-refractivity contribution in [2.45, 2.75) is 30.8 Å². The molecule has 0 aliphatic carbocycles. The zero-order chi connectivity index (χ0) is 16.7. The van der Waals surface area contributed by atoms with Gasteiger partial charge in [0.1, 0.15) is 0 Å². The molecular formula is C16H20N4O2S2. The summed E-state index contributed by atoms with van der Waals surface area (Å²) in [4.78, 5) is 18.8. The summed E-state index contributed by atoms with van der Waals surface area (Å²) in [7, 11) is 1.83. The number of amides is 1. The van der Waals surface area contributed by atoms with Gasteiger partial charge in [-0.1, -0.05) is 0 Å². The smallest absolute Gasteiger partial charge is 0.257 e. The Bertz CT molecular complexity index is 751. The summed E-state index contributed by atoms with van der Waals surface area (Å²) in [5.74, 6) is 1.08. The summed E-state index contributed by atoms with van der Waals surface area (Å²) < 4.78 is 7.87. The molecule has 2 aromatic rings. The quantitative estimate of drug-likeness (QED) is 0.831. The van der Waals surface area contributed by atoms with Crippen LogP contribution in [0.5, 0.6) is 0 Å². The molecule has 1 atom stereocenters. The largest absolute Gasteiger partial charge is 0.371 e. The number of rotatable bonds is 4. The Hall–Kier alpha value is -1.38. The van der Waals surface area contributed by atoms with Gasteiger partial charge in [-0.3, -0.25) is 9.48 Å². The van der Waals surface area contributed by atoms with Crippen molar-refractivity contribution >= 4 is 29.0 Å². The molecule has 1 spiro atoms. The van der Waals surface area contributed by atoms with E-state index in [1.54, 1.807) is 28.4 Å². The molecule has 2 saturated heterocycles. The van der Waals surface area contributed by atoms with Crippen LogP contribution >= 0.6 is 23.1 Å². The zero-order valence-corrected chi connectivity index (χ0v) is 15.4. The lowest BCUT2D eigenvalue weighted by Gasteiger charge is -2.47. The second-order valence-electron chi connectivity index (χ2n) is 6.55. The van der Waals surface area contributed by atoms with E-state index in [2.05, 4.69) is 15.5 Å². The van der Waals surface area contributed by atoms with Gasteiger partial charge < -0.3 is 9.64 Å². The molecule has 2 aromatic heterocycles. The zero-order valence-electron chi connectivity index (χ0n) is 13.8. The van der Waals surface area contributed by atoms with E-state index in [1.165, 1.54) is 0 Å². The lowest BCUT2D eigenvalue weighted by Crippen LogP contribution is -2.60. The Morgan fingerprint density at radius 3 is 3.00 bits per heavy atom. The maximum Gasteiger partial charge on any atom is 0.257 e. The molecule has 4 rings (SSSR count). The van der Waals surface area contributed by atoms with Crippen molar-refractivity contribution in [3.8, 4) is 0 Å². The first kappa shape index (κ1) is 16.1. The molecule has 6 nitrogen and oxygen atoms in total. The molecule has 128 valence electrons. The minimum Gasteiger partial charge on any atom is -0.371 e. The molecule has 4 heterocycles. The van der Waals surface area contributed by atoms with Crippen molar-refractivity contribution in [1.29, 1.82) is 0 Å². The van der Waals surface area contributed by atoms with Crippen LogP contribution in [0.4, 0.5) is 0 Å². The first-order valence-corrected chi connectivity index (χ1v) is 9.84. The minimum atomic E-state index is 0.0802. The van der Waals surface area contributed by atoms with E-state index in [0.29, 0.717) is 12.2 Å². The van der Waals surface area contributed by atoms with Gasteiger partial charge in [0.2, 0.25) is 0 Å². The average Bonchev–Trinajstić information content (AvgIpc) is 3.22. The van der Waals surface area contributed by atoms with Crippen LogP contribution in [0, 0.1) is 6.92 Å². The van der Waals surface area contributed by atoms with Crippen LogP contribution < -0.4 is 0 Å². The molecule has 2 aliphatic heterocycles. The third kappa shape index (κ3) is 3.10. The number of thiazole rings is 1. The molecule has 1 amide bonds. The van der Waals surface area contributed by atoms with Crippen LogP contribution in [-0.4, -0.2) is 55.3 Å². The number of hydrogen-bond acceptors (Lipinski definition) is 6. The van der Waals surface area contributed by atoms with Gasteiger partial charge in [-0.05, 0) is 13.3 Å². The highest BCUT2D eigenvalue weighted by Gasteiger charge is 2.51. The van der Waals surface area contributed by atoms with Gasteiger partial charge in [-0.2, -0.15) is 5.10 Å². The summed E-state index contributed by atoms with van der Waals surface area (Å²) >= 11 is 3.60. The first-order valence-electron chi connectivity index (χ1n) is 7.97. The number of nitrogens with zero attached hydrogens (tertiary/aromatic N) is 4. The molecule has 24 heavy (non-hydrogen) atoms. The fourth-order valence-corrected chi connectivity index (χ4v) is 5.46. The topological polar surface area (TPSA) is 60.2 Å². The number of carbonyl (C=O) groups is 1. The van der Waals surface area contributed by atoms with Crippen LogP contribution in [0.15, 0.2) is 17.8 Å². The molecule has 0 saturated carbocycles. The first-order chi connectivity index (χ1) is 11.5. The van der Waals surface area contributed by atoms with Crippen LogP contribution in [-0.2, 0) is 18.4 Å². The number of thioether (sulfide) groups is 1. The van der Waals surface area contributed by atoms with Crippen molar-refractivity contribution in [2.24, 2.45) is 7.05 Å². The number of aryl methyl sites for hydroxylation is 2. The predicted octanol–water partition coefficient (Wildman–Crippen LogP) is 2.10. The van der Waals surface area contributed by atoms with E-state index >= 15 is 0 Å². The molecule has 1 unspecified atom stereocenters. The van der Waals surface area contributed by atoms with Gasteiger partial charge in [0.15, 0.2) is 0 Å². The normalized spacial score (nSPS) is 22.1. The highest BCUT2D eigenvalue weighted by Crippen LogP contribution is 2.46. The van der Waals surface area contributed by atoms with E-state index in [4.69, 9.17) is 4.74 Å². The van der Waals surface area contributed by atoms with Crippen LogP contribution in [0.1, 0.15) is 27.5 Å². The third-order valence-electron chi connectivity index (χ3n) is 4.51. The van der Waals surface area contributed by atoms with Crippen molar-refractivity contribution in [1.82, 2.24) is 19.7 Å². The molecule has 8 heteroatoms. The maximum atomic E-state index is 12.4. The van der Waals surface area contributed by atoms with Crippen LogP contribution in [0.25, 0.3) is 0 Å². The minimum absolute atomic E-state index is 0.0802. The fourth-order valence-electron chi connectivity index (χ4n) is 3.31. The van der Waals surface area contributed by atoms with Crippen LogP contribution in [0.2, 0.25) is 0 Å². The Labute approximate surface area is 149 Å². The second-order valence-corrected chi connectivity index (χ2v) is 9.10. The van der Waals surface area contributed by atoms with Gasteiger partial charge in [0.05, 0.1) is 39.9 Å². The Morgan fingerprint density at radius 1 is 1.50 bits per heavy atom. The van der Waals surface area contributed by atoms with E-state index in [1.807, 2.05) is 30.6 Å². The van der Waals surface area contributed by atoms with Crippen LogP contribution in [0.3, 0.4) is 0 Å². The van der Waals surface area contributed by atoms with Gasteiger partial charge >= 0.3 is 0 Å².